The average Bonchev–Trinajstić information content (AvgIpc) is 3.19. The number of hydrogen-bond acceptors (Lipinski definition) is 5. The molecule has 0 aliphatic heterocycles. The molecule has 0 spiro atoms. The number of carbonyl (C=O) groups is 1. The molecule has 0 saturated carbocycles. The molecule has 1 atom stereocenters. The van der Waals surface area contributed by atoms with Crippen LogP contribution in [0.15, 0.2) is 23.0 Å². The van der Waals surface area contributed by atoms with Gasteiger partial charge in [-0.1, -0.05) is 5.16 Å². The molecule has 3 aromatic rings. The summed E-state index contributed by atoms with van der Waals surface area (Å²) in [4.78, 5) is 17.0. The van der Waals surface area contributed by atoms with E-state index < -0.39 is 0 Å². The maximum absolute atomic E-state index is 12.8. The fourth-order valence-electron chi connectivity index (χ4n) is 3.60. The summed E-state index contributed by atoms with van der Waals surface area (Å²) < 4.78 is 7.19. The molecule has 1 amide bonds. The van der Waals surface area contributed by atoms with Crippen molar-refractivity contribution in [1.82, 2.24) is 25.2 Å². The van der Waals surface area contributed by atoms with Crippen LogP contribution in [0.25, 0.3) is 11.1 Å². The van der Waals surface area contributed by atoms with Gasteiger partial charge in [0.25, 0.3) is 11.6 Å². The van der Waals surface area contributed by atoms with Crippen LogP contribution >= 0.6 is 0 Å². The fraction of sp³-hybridized carbons (Fsp3) is 0.474. The molecule has 3 aromatic heterocycles. The van der Waals surface area contributed by atoms with Gasteiger partial charge in [0.15, 0.2) is 0 Å². The molecule has 7 nitrogen and oxygen atoms in total. The van der Waals surface area contributed by atoms with E-state index in [1.165, 1.54) is 11.9 Å². The predicted octanol–water partition coefficient (Wildman–Crippen LogP) is 3.29. The summed E-state index contributed by atoms with van der Waals surface area (Å²) in [5.74, 6) is -0.138. The van der Waals surface area contributed by atoms with Crippen molar-refractivity contribution in [3.8, 4) is 0 Å². The second-order valence-corrected chi connectivity index (χ2v) is 7.89. The highest BCUT2D eigenvalue weighted by Crippen LogP contribution is 2.32. The van der Waals surface area contributed by atoms with Gasteiger partial charge in [-0.2, -0.15) is 5.10 Å². The number of rotatable bonds is 2. The lowest BCUT2D eigenvalue weighted by Gasteiger charge is -2.28. The first-order valence-electron chi connectivity index (χ1n) is 8.95. The SMILES string of the molecule is Cc1noc2ncc(C(=O)N[C@H]3CCCc4c3cnn4C(C)(C)C)cc12. The number of nitrogens with one attached hydrogen (secondary N) is 1. The first kappa shape index (κ1) is 16.8. The Balaban J connectivity index is 1.61. The predicted molar refractivity (Wildman–Crippen MR) is 96.9 cm³/mol. The van der Waals surface area contributed by atoms with E-state index in [0.717, 1.165) is 35.9 Å². The molecule has 0 aromatic carbocycles. The fourth-order valence-corrected chi connectivity index (χ4v) is 3.60. The van der Waals surface area contributed by atoms with Gasteiger partial charge in [0.2, 0.25) is 0 Å². The molecule has 1 aliphatic rings. The molecule has 4 rings (SSSR count). The van der Waals surface area contributed by atoms with Gasteiger partial charge in [0.05, 0.1) is 34.4 Å². The minimum atomic E-state index is -0.138. The van der Waals surface area contributed by atoms with Crippen molar-refractivity contribution in [2.24, 2.45) is 0 Å². The maximum atomic E-state index is 12.8. The molecule has 0 radical (unpaired) electrons. The lowest BCUT2D eigenvalue weighted by molar-refractivity contribution is 0.0932. The Morgan fingerprint density at radius 2 is 2.15 bits per heavy atom. The van der Waals surface area contributed by atoms with Crippen molar-refractivity contribution in [2.45, 2.75) is 58.5 Å². The van der Waals surface area contributed by atoms with Crippen molar-refractivity contribution in [3.05, 3.63) is 41.0 Å². The Morgan fingerprint density at radius 1 is 1.35 bits per heavy atom. The third kappa shape index (κ3) is 2.77. The summed E-state index contributed by atoms with van der Waals surface area (Å²) in [6.07, 6.45) is 6.37. The van der Waals surface area contributed by atoms with Gasteiger partial charge in [-0.3, -0.25) is 9.48 Å². The smallest absolute Gasteiger partial charge is 0.257 e. The molecule has 0 saturated heterocycles. The minimum absolute atomic E-state index is 0.0263. The van der Waals surface area contributed by atoms with Crippen LogP contribution in [-0.2, 0) is 12.0 Å². The second kappa shape index (κ2) is 5.93. The number of aryl methyl sites for hydroxylation is 1. The zero-order valence-corrected chi connectivity index (χ0v) is 15.5. The minimum Gasteiger partial charge on any atom is -0.345 e. The van der Waals surface area contributed by atoms with Crippen LogP contribution in [0.4, 0.5) is 0 Å². The van der Waals surface area contributed by atoms with Gasteiger partial charge in [-0.25, -0.2) is 4.98 Å². The summed E-state index contributed by atoms with van der Waals surface area (Å²) in [5.41, 5.74) is 3.96. The molecule has 0 fully saturated rings. The van der Waals surface area contributed by atoms with E-state index in [1.54, 1.807) is 6.07 Å². The summed E-state index contributed by atoms with van der Waals surface area (Å²) >= 11 is 0. The molecule has 0 unspecified atom stereocenters. The van der Waals surface area contributed by atoms with Crippen molar-refractivity contribution >= 4 is 17.0 Å². The van der Waals surface area contributed by atoms with Gasteiger partial charge in [0.1, 0.15) is 0 Å². The number of amides is 1. The number of fused-ring (bicyclic) bond motifs is 2. The van der Waals surface area contributed by atoms with Crippen molar-refractivity contribution in [2.75, 3.05) is 0 Å². The van der Waals surface area contributed by atoms with Crippen LogP contribution in [0.1, 0.15) is 67.0 Å². The summed E-state index contributed by atoms with van der Waals surface area (Å²) in [6.45, 7) is 8.27. The van der Waals surface area contributed by atoms with Crippen LogP contribution in [0.5, 0.6) is 0 Å². The van der Waals surface area contributed by atoms with Crippen LogP contribution in [0.2, 0.25) is 0 Å². The standard InChI is InChI=1S/C19H23N5O2/c1-11-13-8-12(9-20-18(13)26-23-11)17(25)22-15-6-5-7-16-14(15)10-21-24(16)19(2,3)4/h8-10,15H,5-7H2,1-4H3,(H,22,25)/t15-/m0/s1. The van der Waals surface area contributed by atoms with Crippen molar-refractivity contribution < 1.29 is 9.32 Å². The number of carbonyl (C=O) groups excluding carboxylic acids is 1. The first-order valence-corrected chi connectivity index (χ1v) is 8.95. The number of nitrogens with zero attached hydrogens (tertiary/aromatic N) is 4. The van der Waals surface area contributed by atoms with E-state index in [9.17, 15) is 4.79 Å². The summed E-state index contributed by atoms with van der Waals surface area (Å²) in [6, 6.07) is 1.76. The number of aromatic nitrogens is 4. The van der Waals surface area contributed by atoms with Crippen LogP contribution in [0.3, 0.4) is 0 Å². The zero-order chi connectivity index (χ0) is 18.5. The summed E-state index contributed by atoms with van der Waals surface area (Å²) in [5, 5.41) is 12.4. The molecule has 3 heterocycles. The first-order chi connectivity index (χ1) is 12.3. The highest BCUT2D eigenvalue weighted by molar-refractivity contribution is 5.97. The van der Waals surface area contributed by atoms with Crippen LogP contribution < -0.4 is 5.32 Å². The maximum Gasteiger partial charge on any atom is 0.257 e. The molecule has 1 aliphatic carbocycles. The molecule has 7 heteroatoms. The molecule has 0 bridgehead atoms. The topological polar surface area (TPSA) is 85.8 Å². The lowest BCUT2D eigenvalue weighted by atomic mass is 9.92. The van der Waals surface area contributed by atoms with E-state index in [2.05, 4.69) is 46.0 Å². The van der Waals surface area contributed by atoms with Crippen LogP contribution in [-0.4, -0.2) is 25.8 Å². The lowest BCUT2D eigenvalue weighted by Crippen LogP contribution is -2.32. The average molecular weight is 353 g/mol. The van der Waals surface area contributed by atoms with Gasteiger partial charge >= 0.3 is 0 Å². The van der Waals surface area contributed by atoms with E-state index >= 15 is 0 Å². The van der Waals surface area contributed by atoms with E-state index in [-0.39, 0.29) is 17.5 Å². The van der Waals surface area contributed by atoms with Gasteiger partial charge in [-0.15, -0.1) is 0 Å². The van der Waals surface area contributed by atoms with Gasteiger partial charge in [-0.05, 0) is 53.0 Å². The Kier molecular flexibility index (Phi) is 3.82. The monoisotopic (exact) mass is 353 g/mol. The molecule has 136 valence electrons. The van der Waals surface area contributed by atoms with E-state index in [4.69, 9.17) is 4.52 Å². The molecular formula is C19H23N5O2. The number of pyridine rings is 1. The third-order valence-corrected chi connectivity index (χ3v) is 4.90. The van der Waals surface area contributed by atoms with Gasteiger partial charge < -0.3 is 9.84 Å². The number of hydrogen-bond donors (Lipinski definition) is 1. The largest absolute Gasteiger partial charge is 0.345 e. The molecule has 1 N–H and O–H groups in total. The third-order valence-electron chi connectivity index (χ3n) is 4.90. The Morgan fingerprint density at radius 3 is 2.92 bits per heavy atom. The summed E-state index contributed by atoms with van der Waals surface area (Å²) in [7, 11) is 0. The normalized spacial score (nSPS) is 17.3. The molecule has 26 heavy (non-hydrogen) atoms. The highest BCUT2D eigenvalue weighted by Gasteiger charge is 2.29. The zero-order valence-electron chi connectivity index (χ0n) is 15.5. The molecular weight excluding hydrogens is 330 g/mol. The van der Waals surface area contributed by atoms with Crippen molar-refractivity contribution in [3.63, 3.8) is 0 Å². The van der Waals surface area contributed by atoms with E-state index in [1.807, 2.05) is 13.1 Å². The Hall–Kier alpha value is -2.70. The highest BCUT2D eigenvalue weighted by atomic mass is 16.5. The quantitative estimate of drug-likeness (QED) is 0.764. The van der Waals surface area contributed by atoms with Gasteiger partial charge in [0, 0.05) is 17.5 Å². The van der Waals surface area contributed by atoms with Crippen molar-refractivity contribution in [1.29, 1.82) is 0 Å². The van der Waals surface area contributed by atoms with Crippen LogP contribution in [0, 0.1) is 6.92 Å². The second-order valence-electron chi connectivity index (χ2n) is 7.89. The Labute approximate surface area is 151 Å². The van der Waals surface area contributed by atoms with E-state index in [0.29, 0.717) is 11.3 Å². The Bertz CT molecular complexity index is 980.